The molecule has 1 aromatic carbocycles. The molecule has 0 aliphatic carbocycles. The molecule has 0 N–H and O–H groups in total. The Morgan fingerprint density at radius 1 is 1.16 bits per heavy atom. The molecule has 0 atom stereocenters. The molecule has 2 aliphatic heterocycles. The van der Waals surface area contributed by atoms with Gasteiger partial charge in [0.25, 0.3) is 0 Å². The van der Waals surface area contributed by atoms with Gasteiger partial charge < -0.3 is 19.4 Å². The number of carbonyl (C=O) groups excluding carboxylic acids is 1. The van der Waals surface area contributed by atoms with E-state index in [0.29, 0.717) is 5.92 Å². The molecule has 0 unspecified atom stereocenters. The third kappa shape index (κ3) is 6.96. The van der Waals surface area contributed by atoms with E-state index in [4.69, 9.17) is 9.57 Å². The minimum Gasteiger partial charge on any atom is -0.444 e. The van der Waals surface area contributed by atoms with Crippen molar-refractivity contribution in [3.05, 3.63) is 34.9 Å². The summed E-state index contributed by atoms with van der Waals surface area (Å²) >= 11 is 0. The van der Waals surface area contributed by atoms with E-state index in [1.54, 1.807) is 7.11 Å². The van der Waals surface area contributed by atoms with Crippen molar-refractivity contribution >= 4 is 11.8 Å². The van der Waals surface area contributed by atoms with Gasteiger partial charge in [0.15, 0.2) is 0 Å². The second-order valence-electron chi connectivity index (χ2n) is 9.99. The SMILES string of the molecule is CO/N=C(\CCCC1CCN(C(=O)OC(C)(C)C)CC1)c1ccc2c(c1)CCN(C)C2. The van der Waals surface area contributed by atoms with Gasteiger partial charge in [-0.1, -0.05) is 17.3 Å². The van der Waals surface area contributed by atoms with Gasteiger partial charge in [-0.15, -0.1) is 0 Å². The van der Waals surface area contributed by atoms with Crippen LogP contribution in [-0.4, -0.2) is 61.0 Å². The van der Waals surface area contributed by atoms with Gasteiger partial charge in [-0.2, -0.15) is 0 Å². The molecule has 6 nitrogen and oxygen atoms in total. The standard InChI is InChI=1S/C25H39N3O3/c1-25(2,3)31-24(29)28-15-11-19(12-16-28)7-6-8-23(26-30-5)21-9-10-22-18-27(4)14-13-20(22)17-21/h9-10,17,19H,6-8,11-16,18H2,1-5H3/b26-23+. The zero-order chi connectivity index (χ0) is 22.4. The smallest absolute Gasteiger partial charge is 0.410 e. The first-order valence-electron chi connectivity index (χ1n) is 11.6. The number of likely N-dealkylation sites (N-methyl/N-ethyl adjacent to an activating group) is 1. The number of likely N-dealkylation sites (tertiary alicyclic amines) is 1. The van der Waals surface area contributed by atoms with E-state index >= 15 is 0 Å². The number of oxime groups is 1. The highest BCUT2D eigenvalue weighted by atomic mass is 16.6. The summed E-state index contributed by atoms with van der Waals surface area (Å²) in [7, 11) is 3.80. The Hall–Kier alpha value is -2.08. The molecule has 3 rings (SSSR count). The molecular weight excluding hydrogens is 390 g/mol. The summed E-state index contributed by atoms with van der Waals surface area (Å²) in [5.74, 6) is 0.654. The number of rotatable bonds is 6. The molecule has 0 aromatic heterocycles. The Kier molecular flexibility index (Phi) is 7.98. The molecule has 1 fully saturated rings. The van der Waals surface area contributed by atoms with Gasteiger partial charge in [0.2, 0.25) is 0 Å². The molecule has 2 heterocycles. The lowest BCUT2D eigenvalue weighted by atomic mass is 9.90. The van der Waals surface area contributed by atoms with E-state index in [2.05, 4.69) is 35.3 Å². The fraction of sp³-hybridized carbons (Fsp3) is 0.680. The van der Waals surface area contributed by atoms with Crippen molar-refractivity contribution in [2.45, 2.75) is 71.4 Å². The normalized spacial score (nSPS) is 18.6. The first-order valence-corrected chi connectivity index (χ1v) is 11.6. The topological polar surface area (TPSA) is 54.4 Å². The first-order chi connectivity index (χ1) is 14.7. The lowest BCUT2D eigenvalue weighted by Gasteiger charge is -2.33. The molecular formula is C25H39N3O3. The first kappa shape index (κ1) is 23.6. The molecule has 1 aromatic rings. The van der Waals surface area contributed by atoms with Gasteiger partial charge in [-0.25, -0.2) is 4.79 Å². The van der Waals surface area contributed by atoms with Crippen molar-refractivity contribution in [2.75, 3.05) is 33.8 Å². The average molecular weight is 430 g/mol. The molecule has 0 bridgehead atoms. The summed E-state index contributed by atoms with van der Waals surface area (Å²) in [6.07, 6.45) is 6.15. The Balaban J connectivity index is 1.48. The number of benzene rings is 1. The van der Waals surface area contributed by atoms with Gasteiger partial charge in [-0.3, -0.25) is 0 Å². The monoisotopic (exact) mass is 429 g/mol. The Morgan fingerprint density at radius 2 is 1.90 bits per heavy atom. The predicted octanol–water partition coefficient (Wildman–Crippen LogP) is 4.84. The second kappa shape index (κ2) is 10.5. The maximum absolute atomic E-state index is 12.2. The van der Waals surface area contributed by atoms with Gasteiger partial charge in [0.05, 0.1) is 5.71 Å². The number of amides is 1. The third-order valence-corrected chi connectivity index (χ3v) is 6.24. The van der Waals surface area contributed by atoms with Crippen LogP contribution in [0, 0.1) is 5.92 Å². The summed E-state index contributed by atoms with van der Waals surface area (Å²) in [6.45, 7) is 9.45. The van der Waals surface area contributed by atoms with Crippen molar-refractivity contribution in [1.82, 2.24) is 9.80 Å². The van der Waals surface area contributed by atoms with E-state index in [9.17, 15) is 4.79 Å². The van der Waals surface area contributed by atoms with Crippen LogP contribution < -0.4 is 0 Å². The van der Waals surface area contributed by atoms with Crippen LogP contribution in [-0.2, 0) is 22.5 Å². The van der Waals surface area contributed by atoms with Crippen LogP contribution in [0.5, 0.6) is 0 Å². The maximum Gasteiger partial charge on any atom is 0.410 e. The highest BCUT2D eigenvalue weighted by molar-refractivity contribution is 6.00. The fourth-order valence-corrected chi connectivity index (χ4v) is 4.52. The van der Waals surface area contributed by atoms with E-state index in [-0.39, 0.29) is 6.09 Å². The summed E-state index contributed by atoms with van der Waals surface area (Å²) < 4.78 is 5.50. The van der Waals surface area contributed by atoms with Gasteiger partial charge in [0.1, 0.15) is 12.7 Å². The molecule has 31 heavy (non-hydrogen) atoms. The van der Waals surface area contributed by atoms with E-state index in [1.807, 2.05) is 25.7 Å². The van der Waals surface area contributed by atoms with E-state index in [0.717, 1.165) is 70.4 Å². The Labute approximate surface area is 187 Å². The van der Waals surface area contributed by atoms with Crippen LogP contribution in [0.1, 0.15) is 69.6 Å². The van der Waals surface area contributed by atoms with E-state index < -0.39 is 5.60 Å². The molecule has 2 aliphatic rings. The number of hydrogen-bond donors (Lipinski definition) is 0. The predicted molar refractivity (Wildman–Crippen MR) is 124 cm³/mol. The molecule has 0 saturated carbocycles. The highest BCUT2D eigenvalue weighted by Crippen LogP contribution is 2.25. The molecule has 172 valence electrons. The van der Waals surface area contributed by atoms with Crippen LogP contribution in [0.4, 0.5) is 4.79 Å². The quantitative estimate of drug-likeness (QED) is 0.479. The number of hydrogen-bond acceptors (Lipinski definition) is 5. The van der Waals surface area contributed by atoms with Crippen molar-refractivity contribution in [2.24, 2.45) is 11.1 Å². The molecule has 0 spiro atoms. The summed E-state index contributed by atoms with van der Waals surface area (Å²) in [5.41, 5.74) is 4.65. The largest absolute Gasteiger partial charge is 0.444 e. The lowest BCUT2D eigenvalue weighted by molar-refractivity contribution is 0.0181. The van der Waals surface area contributed by atoms with Crippen LogP contribution in [0.3, 0.4) is 0 Å². The lowest BCUT2D eigenvalue weighted by Crippen LogP contribution is -2.41. The number of nitrogens with zero attached hydrogens (tertiary/aromatic N) is 3. The highest BCUT2D eigenvalue weighted by Gasteiger charge is 2.26. The van der Waals surface area contributed by atoms with Crippen LogP contribution in [0.25, 0.3) is 0 Å². The number of carbonyl (C=O) groups is 1. The number of piperidine rings is 1. The number of fused-ring (bicyclic) bond motifs is 1. The number of ether oxygens (including phenoxy) is 1. The van der Waals surface area contributed by atoms with Crippen molar-refractivity contribution in [1.29, 1.82) is 0 Å². The molecule has 6 heteroatoms. The van der Waals surface area contributed by atoms with Crippen LogP contribution in [0.2, 0.25) is 0 Å². The summed E-state index contributed by atoms with van der Waals surface area (Å²) in [6, 6.07) is 6.74. The van der Waals surface area contributed by atoms with Crippen molar-refractivity contribution < 1.29 is 14.4 Å². The Bertz CT molecular complexity index is 777. The molecule has 1 amide bonds. The van der Waals surface area contributed by atoms with Crippen molar-refractivity contribution in [3.8, 4) is 0 Å². The fourth-order valence-electron chi connectivity index (χ4n) is 4.52. The Morgan fingerprint density at radius 3 is 2.58 bits per heavy atom. The second-order valence-corrected chi connectivity index (χ2v) is 9.99. The summed E-state index contributed by atoms with van der Waals surface area (Å²) in [5, 5.41) is 4.35. The van der Waals surface area contributed by atoms with Crippen LogP contribution in [0.15, 0.2) is 23.4 Å². The zero-order valence-electron chi connectivity index (χ0n) is 19.9. The van der Waals surface area contributed by atoms with Crippen molar-refractivity contribution in [3.63, 3.8) is 0 Å². The zero-order valence-corrected chi connectivity index (χ0v) is 19.9. The van der Waals surface area contributed by atoms with Gasteiger partial charge in [-0.05, 0) is 95.0 Å². The van der Waals surface area contributed by atoms with Crippen LogP contribution >= 0.6 is 0 Å². The molecule has 0 radical (unpaired) electrons. The van der Waals surface area contributed by atoms with Gasteiger partial charge >= 0.3 is 6.09 Å². The minimum atomic E-state index is -0.433. The summed E-state index contributed by atoms with van der Waals surface area (Å²) in [4.78, 5) is 21.6. The van der Waals surface area contributed by atoms with Gasteiger partial charge in [0, 0.05) is 26.2 Å². The van der Waals surface area contributed by atoms with E-state index in [1.165, 1.54) is 16.7 Å². The molecule has 1 saturated heterocycles. The third-order valence-electron chi connectivity index (χ3n) is 6.24. The average Bonchev–Trinajstić information content (AvgIpc) is 2.72. The maximum atomic E-state index is 12.2. The minimum absolute atomic E-state index is 0.181.